The molecule has 0 unspecified atom stereocenters. The largest absolute Gasteiger partial charge is 0.478 e. The van der Waals surface area contributed by atoms with Crippen molar-refractivity contribution in [2.45, 2.75) is 32.2 Å². The van der Waals surface area contributed by atoms with Crippen LogP contribution in [0.15, 0.2) is 42.5 Å². The van der Waals surface area contributed by atoms with Crippen molar-refractivity contribution in [1.82, 2.24) is 0 Å². The van der Waals surface area contributed by atoms with Crippen LogP contribution in [0.25, 0.3) is 0 Å². The maximum absolute atomic E-state index is 11.7. The summed E-state index contributed by atoms with van der Waals surface area (Å²) in [5.41, 5.74) is 4.37. The summed E-state index contributed by atoms with van der Waals surface area (Å²) in [5, 5.41) is 24.7. The molecule has 3 atom stereocenters. The number of nitro benzene ring substituents is 1. The van der Waals surface area contributed by atoms with Gasteiger partial charge in [0.2, 0.25) is 0 Å². The van der Waals surface area contributed by atoms with Crippen molar-refractivity contribution >= 4 is 17.3 Å². The molecule has 0 bridgehead atoms. The maximum Gasteiger partial charge on any atom is 0.336 e. The van der Waals surface area contributed by atoms with Crippen molar-refractivity contribution in [3.63, 3.8) is 0 Å². The number of carbonyl (C=O) groups is 1. The number of aryl methyl sites for hydroxylation is 1. The molecule has 138 valence electrons. The second kappa shape index (κ2) is 6.23. The highest BCUT2D eigenvalue weighted by molar-refractivity contribution is 5.90. The molecule has 0 saturated carbocycles. The number of nitrogens with one attached hydrogen (secondary N) is 1. The van der Waals surface area contributed by atoms with E-state index in [1.54, 1.807) is 24.3 Å². The highest BCUT2D eigenvalue weighted by Gasteiger charge is 2.42. The van der Waals surface area contributed by atoms with Gasteiger partial charge in [-0.2, -0.15) is 0 Å². The molecule has 0 radical (unpaired) electrons. The fourth-order valence-corrected chi connectivity index (χ4v) is 4.50. The van der Waals surface area contributed by atoms with Crippen LogP contribution in [0.1, 0.15) is 51.0 Å². The lowest BCUT2D eigenvalue weighted by atomic mass is 9.74. The Labute approximate surface area is 156 Å². The number of aromatic carboxylic acids is 1. The first-order valence-electron chi connectivity index (χ1n) is 8.94. The normalized spacial score (nSPS) is 22.7. The summed E-state index contributed by atoms with van der Waals surface area (Å²) in [4.78, 5) is 23.1. The second-order valence-corrected chi connectivity index (χ2v) is 7.25. The average Bonchev–Trinajstić information content (AvgIpc) is 3.13. The molecule has 6 heteroatoms. The number of rotatable bonds is 3. The molecule has 1 aliphatic carbocycles. The van der Waals surface area contributed by atoms with Crippen molar-refractivity contribution in [3.8, 4) is 0 Å². The van der Waals surface area contributed by atoms with Crippen molar-refractivity contribution in [2.24, 2.45) is 5.92 Å². The van der Waals surface area contributed by atoms with Crippen LogP contribution in [-0.4, -0.2) is 16.0 Å². The van der Waals surface area contributed by atoms with Gasteiger partial charge in [-0.15, -0.1) is 0 Å². The Morgan fingerprint density at radius 3 is 2.74 bits per heavy atom. The highest BCUT2D eigenvalue weighted by atomic mass is 16.6. The van der Waals surface area contributed by atoms with Crippen LogP contribution in [0.2, 0.25) is 0 Å². The van der Waals surface area contributed by atoms with Gasteiger partial charge in [-0.05, 0) is 54.5 Å². The molecule has 4 rings (SSSR count). The van der Waals surface area contributed by atoms with Crippen LogP contribution < -0.4 is 5.32 Å². The third-order valence-corrected chi connectivity index (χ3v) is 5.87. The standard InChI is InChI=1S/C21H20N2O4/c1-11-10-17(23(26)27)20-18(12(11)2)13-8-5-9-14(13)19(22-20)15-6-3-4-7-16(15)21(24)25/h3-8,10,13-14,19,22H,9H2,1-2H3,(H,24,25)/t13-,14+,19-/m1/s1. The zero-order valence-corrected chi connectivity index (χ0v) is 15.1. The molecule has 2 aromatic rings. The van der Waals surface area contributed by atoms with Gasteiger partial charge in [-0.25, -0.2) is 4.79 Å². The smallest absolute Gasteiger partial charge is 0.336 e. The lowest BCUT2D eigenvalue weighted by Crippen LogP contribution is -2.31. The van der Waals surface area contributed by atoms with Crippen LogP contribution in [0, 0.1) is 29.9 Å². The molecule has 6 nitrogen and oxygen atoms in total. The number of benzene rings is 2. The molecular weight excluding hydrogens is 344 g/mol. The number of carboxylic acid groups (broad SMARTS) is 1. The summed E-state index contributed by atoms with van der Waals surface area (Å²) in [7, 11) is 0. The minimum atomic E-state index is -0.990. The summed E-state index contributed by atoms with van der Waals surface area (Å²) >= 11 is 0. The molecule has 2 aliphatic rings. The van der Waals surface area contributed by atoms with Gasteiger partial charge in [0, 0.05) is 12.0 Å². The van der Waals surface area contributed by atoms with Gasteiger partial charge in [0.25, 0.3) is 5.69 Å². The Bertz CT molecular complexity index is 996. The highest BCUT2D eigenvalue weighted by Crippen LogP contribution is 2.54. The quantitative estimate of drug-likeness (QED) is 0.466. The van der Waals surface area contributed by atoms with Crippen molar-refractivity contribution in [1.29, 1.82) is 0 Å². The van der Waals surface area contributed by atoms with Gasteiger partial charge < -0.3 is 10.4 Å². The minimum Gasteiger partial charge on any atom is -0.478 e. The zero-order chi connectivity index (χ0) is 19.3. The summed E-state index contributed by atoms with van der Waals surface area (Å²) in [5.74, 6) is -0.833. The molecule has 0 aromatic heterocycles. The van der Waals surface area contributed by atoms with Crippen molar-refractivity contribution in [3.05, 3.63) is 80.4 Å². The molecule has 1 aliphatic heterocycles. The fraction of sp³-hybridized carbons (Fsp3) is 0.286. The van der Waals surface area contributed by atoms with Gasteiger partial charge in [-0.1, -0.05) is 30.4 Å². The first kappa shape index (κ1) is 17.3. The van der Waals surface area contributed by atoms with E-state index in [0.717, 1.165) is 23.1 Å². The molecule has 27 heavy (non-hydrogen) atoms. The van der Waals surface area contributed by atoms with E-state index in [4.69, 9.17) is 0 Å². The van der Waals surface area contributed by atoms with Crippen molar-refractivity contribution in [2.75, 3.05) is 5.32 Å². The number of nitro groups is 1. The molecular formula is C21H20N2O4. The Kier molecular flexibility index (Phi) is 3.98. The number of nitrogens with zero attached hydrogens (tertiary/aromatic N) is 1. The summed E-state index contributed by atoms with van der Waals surface area (Å²) in [6.45, 7) is 3.89. The number of allylic oxidation sites excluding steroid dienone is 2. The summed E-state index contributed by atoms with van der Waals surface area (Å²) < 4.78 is 0. The zero-order valence-electron chi connectivity index (χ0n) is 15.1. The van der Waals surface area contributed by atoms with E-state index in [2.05, 4.69) is 17.5 Å². The first-order chi connectivity index (χ1) is 12.9. The number of carboxylic acids is 1. The van der Waals surface area contributed by atoms with E-state index < -0.39 is 5.97 Å². The molecule has 0 amide bonds. The van der Waals surface area contributed by atoms with Crippen molar-refractivity contribution < 1.29 is 14.8 Å². The van der Waals surface area contributed by atoms with E-state index >= 15 is 0 Å². The first-order valence-corrected chi connectivity index (χ1v) is 8.94. The monoisotopic (exact) mass is 364 g/mol. The molecule has 0 saturated heterocycles. The summed E-state index contributed by atoms with van der Waals surface area (Å²) in [6.07, 6.45) is 5.00. The second-order valence-electron chi connectivity index (χ2n) is 7.25. The summed E-state index contributed by atoms with van der Waals surface area (Å²) in [6, 6.07) is 8.19. The number of anilines is 1. The van der Waals surface area contributed by atoms with Gasteiger partial charge in [0.05, 0.1) is 16.5 Å². The number of fused-ring (bicyclic) bond motifs is 3. The fourth-order valence-electron chi connectivity index (χ4n) is 4.50. The Morgan fingerprint density at radius 1 is 1.30 bits per heavy atom. The Hall–Kier alpha value is -3.15. The predicted octanol–water partition coefficient (Wildman–Crippen LogP) is 4.74. The van der Waals surface area contributed by atoms with Crippen LogP contribution >= 0.6 is 0 Å². The van der Waals surface area contributed by atoms with Crippen LogP contribution in [0.3, 0.4) is 0 Å². The SMILES string of the molecule is Cc1cc([N+](=O)[O-])c2c(c1C)[C@@H]1C=CC[C@@H]1[C@H](c1ccccc1C(=O)O)N2. The van der Waals surface area contributed by atoms with E-state index in [0.29, 0.717) is 11.3 Å². The molecule has 0 spiro atoms. The molecule has 0 fully saturated rings. The van der Waals surface area contributed by atoms with Crippen LogP contribution in [0.5, 0.6) is 0 Å². The molecule has 2 aromatic carbocycles. The van der Waals surface area contributed by atoms with Gasteiger partial charge in [-0.3, -0.25) is 10.1 Å². The third kappa shape index (κ3) is 2.60. The number of hydrogen-bond donors (Lipinski definition) is 2. The van der Waals surface area contributed by atoms with Gasteiger partial charge in [0.15, 0.2) is 0 Å². The molecule has 1 heterocycles. The van der Waals surface area contributed by atoms with Gasteiger partial charge in [0.1, 0.15) is 5.69 Å². The van der Waals surface area contributed by atoms with Gasteiger partial charge >= 0.3 is 5.97 Å². The number of hydrogen-bond acceptors (Lipinski definition) is 4. The maximum atomic E-state index is 11.7. The van der Waals surface area contributed by atoms with Crippen LogP contribution in [-0.2, 0) is 0 Å². The third-order valence-electron chi connectivity index (χ3n) is 5.87. The Balaban J connectivity index is 1.94. The lowest BCUT2D eigenvalue weighted by molar-refractivity contribution is -0.384. The Morgan fingerprint density at radius 2 is 2.04 bits per heavy atom. The van der Waals surface area contributed by atoms with E-state index in [1.807, 2.05) is 19.9 Å². The lowest BCUT2D eigenvalue weighted by Gasteiger charge is -2.38. The molecule has 2 N–H and O–H groups in total. The van der Waals surface area contributed by atoms with E-state index in [9.17, 15) is 20.0 Å². The average molecular weight is 364 g/mol. The predicted molar refractivity (Wildman–Crippen MR) is 102 cm³/mol. The topological polar surface area (TPSA) is 92.5 Å². The van der Waals surface area contributed by atoms with E-state index in [1.165, 1.54) is 0 Å². The minimum absolute atomic E-state index is 0.0340. The van der Waals surface area contributed by atoms with E-state index in [-0.39, 0.29) is 34.1 Å². The van der Waals surface area contributed by atoms with Crippen LogP contribution in [0.4, 0.5) is 11.4 Å².